The Bertz CT molecular complexity index is 260. The van der Waals surface area contributed by atoms with E-state index in [0.29, 0.717) is 13.1 Å². The van der Waals surface area contributed by atoms with Crippen molar-refractivity contribution in [1.82, 2.24) is 0 Å². The zero-order valence-corrected chi connectivity index (χ0v) is 19.8. The monoisotopic (exact) mass is 365 g/mol. The maximum absolute atomic E-state index is 9.64. The van der Waals surface area contributed by atoms with Gasteiger partial charge in [0.25, 0.3) is 0 Å². The summed E-state index contributed by atoms with van der Waals surface area (Å²) in [6.07, 6.45) is -1.19. The maximum atomic E-state index is 9.64. The van der Waals surface area contributed by atoms with E-state index in [1.54, 1.807) is 0 Å². The van der Waals surface area contributed by atoms with Gasteiger partial charge in [-0.2, -0.15) is 0 Å². The molecule has 0 unspecified atom stereocenters. The van der Waals surface area contributed by atoms with E-state index in [9.17, 15) is 19.2 Å². The SMILES string of the molecule is NCCN.O=C(O)CCC(=O)O.O=C(O)CCC(=O)O.[Na+].[Na+].[Na+]. The molecule has 8 N–H and O–H groups in total. The third-order valence-electron chi connectivity index (χ3n) is 1.27. The predicted octanol–water partition coefficient (Wildman–Crippen LogP) is -10.2. The molecule has 0 aromatic carbocycles. The summed E-state index contributed by atoms with van der Waals surface area (Å²) in [4.78, 5) is 38.6. The standard InChI is InChI=1S/2C4H6O4.C2H8N2.3Na/c2*5-3(6)1-2-4(7)8;3-1-2-4;;;/h2*1-2H2,(H,5,6)(H,7,8);1-4H2;;;/q;;;3*+1. The van der Waals surface area contributed by atoms with Crippen molar-refractivity contribution in [3.05, 3.63) is 0 Å². The summed E-state index contributed by atoms with van der Waals surface area (Å²) in [6, 6.07) is 0. The van der Waals surface area contributed by atoms with E-state index < -0.39 is 23.9 Å². The molecule has 0 fully saturated rings. The fourth-order valence-electron chi connectivity index (χ4n) is 0.428. The molecule has 23 heavy (non-hydrogen) atoms. The summed E-state index contributed by atoms with van der Waals surface area (Å²) in [5.74, 6) is -4.31. The van der Waals surface area contributed by atoms with E-state index in [1.807, 2.05) is 0 Å². The van der Waals surface area contributed by atoms with Gasteiger partial charge in [0.1, 0.15) is 0 Å². The van der Waals surface area contributed by atoms with Gasteiger partial charge in [0.05, 0.1) is 25.7 Å². The Labute approximate surface area is 200 Å². The molecule has 10 nitrogen and oxygen atoms in total. The minimum absolute atomic E-state index is 0. The molecule has 13 heteroatoms. The summed E-state index contributed by atoms with van der Waals surface area (Å²) in [5.41, 5.74) is 9.81. The Morgan fingerprint density at radius 1 is 0.522 bits per heavy atom. The van der Waals surface area contributed by atoms with E-state index in [2.05, 4.69) is 0 Å². The van der Waals surface area contributed by atoms with Crippen LogP contribution in [-0.2, 0) is 19.2 Å². The summed E-state index contributed by atoms with van der Waals surface area (Å²) < 4.78 is 0. The minimum atomic E-state index is -1.08. The van der Waals surface area contributed by atoms with Crippen LogP contribution in [0.4, 0.5) is 0 Å². The van der Waals surface area contributed by atoms with E-state index in [4.69, 9.17) is 31.9 Å². The first-order valence-corrected chi connectivity index (χ1v) is 5.44. The van der Waals surface area contributed by atoms with Crippen molar-refractivity contribution in [1.29, 1.82) is 0 Å². The molecule has 0 saturated carbocycles. The summed E-state index contributed by atoms with van der Waals surface area (Å²) >= 11 is 0. The van der Waals surface area contributed by atoms with Gasteiger partial charge < -0.3 is 31.9 Å². The summed E-state index contributed by atoms with van der Waals surface area (Å²) in [5, 5.41) is 31.6. The van der Waals surface area contributed by atoms with Crippen molar-refractivity contribution in [3.8, 4) is 0 Å². The van der Waals surface area contributed by atoms with Gasteiger partial charge in [-0.15, -0.1) is 0 Å². The fourth-order valence-corrected chi connectivity index (χ4v) is 0.428. The molecular weight excluding hydrogens is 345 g/mol. The molecule has 0 atom stereocenters. The van der Waals surface area contributed by atoms with E-state index >= 15 is 0 Å². The van der Waals surface area contributed by atoms with Crippen molar-refractivity contribution in [2.24, 2.45) is 11.5 Å². The Hall–Kier alpha value is 0.800. The second kappa shape index (κ2) is 30.7. The van der Waals surface area contributed by atoms with Crippen LogP contribution in [0.25, 0.3) is 0 Å². The molecule has 0 aliphatic carbocycles. The van der Waals surface area contributed by atoms with Gasteiger partial charge in [-0.25, -0.2) is 0 Å². The number of aliphatic carboxylic acids is 4. The van der Waals surface area contributed by atoms with Crippen LogP contribution >= 0.6 is 0 Å². The van der Waals surface area contributed by atoms with Gasteiger partial charge in [-0.3, -0.25) is 19.2 Å². The fraction of sp³-hybridized carbons (Fsp3) is 0.600. The number of hydrogen-bond acceptors (Lipinski definition) is 6. The van der Waals surface area contributed by atoms with Crippen LogP contribution < -0.4 is 100 Å². The smallest absolute Gasteiger partial charge is 0.481 e. The molecule has 0 amide bonds. The number of carboxylic acid groups (broad SMARTS) is 4. The molecule has 0 aliphatic rings. The number of hydrogen-bond donors (Lipinski definition) is 6. The largest absolute Gasteiger partial charge is 1.00 e. The number of carbonyl (C=O) groups is 4. The molecule has 0 aromatic rings. The third kappa shape index (κ3) is 70.8. The van der Waals surface area contributed by atoms with Crippen LogP contribution in [-0.4, -0.2) is 57.4 Å². The third-order valence-corrected chi connectivity index (χ3v) is 1.27. The maximum Gasteiger partial charge on any atom is 1.00 e. The first-order chi connectivity index (χ1) is 9.17. The van der Waals surface area contributed by atoms with Crippen molar-refractivity contribution < 1.29 is 128 Å². The van der Waals surface area contributed by atoms with Crippen LogP contribution in [0.15, 0.2) is 0 Å². The van der Waals surface area contributed by atoms with Gasteiger partial charge in [0.15, 0.2) is 0 Å². The quantitative estimate of drug-likeness (QED) is 0.235. The average Bonchev–Trinajstić information content (AvgIpc) is 2.35. The Balaban J connectivity index is -0.0000000464. The van der Waals surface area contributed by atoms with E-state index in [1.165, 1.54) is 0 Å². The van der Waals surface area contributed by atoms with Crippen LogP contribution in [0.2, 0.25) is 0 Å². The molecule has 118 valence electrons. The minimum Gasteiger partial charge on any atom is -0.481 e. The van der Waals surface area contributed by atoms with Gasteiger partial charge in [0.2, 0.25) is 0 Å². The molecule has 0 heterocycles. The molecule has 0 aromatic heterocycles. The molecule has 0 aliphatic heterocycles. The van der Waals surface area contributed by atoms with Crippen molar-refractivity contribution in [2.75, 3.05) is 13.1 Å². The molecule has 0 spiro atoms. The Morgan fingerprint density at radius 3 is 0.696 bits per heavy atom. The first-order valence-electron chi connectivity index (χ1n) is 5.44. The summed E-state index contributed by atoms with van der Waals surface area (Å²) in [7, 11) is 0. The summed E-state index contributed by atoms with van der Waals surface area (Å²) in [6.45, 7) is 1.19. The van der Waals surface area contributed by atoms with E-state index in [0.717, 1.165) is 0 Å². The predicted molar refractivity (Wildman–Crippen MR) is 67.1 cm³/mol. The van der Waals surface area contributed by atoms with Gasteiger partial charge in [-0.1, -0.05) is 0 Å². The molecule has 0 radical (unpaired) electrons. The number of carboxylic acids is 4. The molecule has 0 bridgehead atoms. The van der Waals surface area contributed by atoms with Crippen LogP contribution in [0.5, 0.6) is 0 Å². The van der Waals surface area contributed by atoms with Crippen molar-refractivity contribution >= 4 is 23.9 Å². The second-order valence-electron chi connectivity index (χ2n) is 3.15. The zero-order chi connectivity index (χ0) is 16.6. The first kappa shape index (κ1) is 39.0. The number of rotatable bonds is 7. The number of nitrogens with two attached hydrogens (primary N) is 2. The van der Waals surface area contributed by atoms with Gasteiger partial charge in [-0.05, 0) is 0 Å². The second-order valence-corrected chi connectivity index (χ2v) is 3.15. The molecular formula is C10H20N2Na3O8+3. The van der Waals surface area contributed by atoms with Crippen LogP contribution in [0.1, 0.15) is 25.7 Å². The Kier molecular flexibility index (Phi) is 52.0. The molecule has 0 rings (SSSR count). The van der Waals surface area contributed by atoms with Crippen LogP contribution in [0, 0.1) is 0 Å². The topological polar surface area (TPSA) is 201 Å². The van der Waals surface area contributed by atoms with Crippen LogP contribution in [0.3, 0.4) is 0 Å². The van der Waals surface area contributed by atoms with Gasteiger partial charge in [0, 0.05) is 13.1 Å². The van der Waals surface area contributed by atoms with Gasteiger partial charge >= 0.3 is 113 Å². The normalized spacial score (nSPS) is 7.22. The Morgan fingerprint density at radius 2 is 0.652 bits per heavy atom. The average molecular weight is 365 g/mol. The molecule has 0 saturated heterocycles. The van der Waals surface area contributed by atoms with E-state index in [-0.39, 0.29) is 114 Å². The van der Waals surface area contributed by atoms with Crippen molar-refractivity contribution in [3.63, 3.8) is 0 Å². The zero-order valence-electron chi connectivity index (χ0n) is 13.8. The van der Waals surface area contributed by atoms with Crippen molar-refractivity contribution in [2.45, 2.75) is 25.7 Å².